The first-order chi connectivity index (χ1) is 8.07. The molecule has 0 spiro atoms. The molecule has 3 nitrogen and oxygen atoms in total. The molecule has 1 aliphatic heterocycles. The van der Waals surface area contributed by atoms with Gasteiger partial charge >= 0.3 is 0 Å². The van der Waals surface area contributed by atoms with Crippen LogP contribution in [-0.4, -0.2) is 31.7 Å². The van der Waals surface area contributed by atoms with Gasteiger partial charge in [0.1, 0.15) is 4.21 Å². The van der Waals surface area contributed by atoms with Crippen molar-refractivity contribution in [2.24, 2.45) is 5.92 Å². The molecule has 17 heavy (non-hydrogen) atoms. The fourth-order valence-electron chi connectivity index (χ4n) is 1.96. The summed E-state index contributed by atoms with van der Waals surface area (Å²) < 4.78 is 26.7. The first kappa shape index (κ1) is 13.3. The Hall–Kier alpha value is -0.100. The van der Waals surface area contributed by atoms with Gasteiger partial charge in [-0.05, 0) is 30.9 Å². The summed E-state index contributed by atoms with van der Waals surface area (Å²) in [6.45, 7) is 3.19. The van der Waals surface area contributed by atoms with Crippen LogP contribution >= 0.6 is 22.9 Å². The molecule has 0 saturated carbocycles. The second-order valence-electron chi connectivity index (χ2n) is 4.25. The second kappa shape index (κ2) is 5.26. The van der Waals surface area contributed by atoms with Crippen LogP contribution in [0.3, 0.4) is 0 Å². The lowest BCUT2D eigenvalue weighted by molar-refractivity contribution is 0.467. The molecular formula is C11H16ClNO2S2. The molecule has 2 heterocycles. The van der Waals surface area contributed by atoms with Gasteiger partial charge < -0.3 is 0 Å². The third kappa shape index (κ3) is 2.67. The Labute approximate surface area is 111 Å². The molecular weight excluding hydrogens is 278 g/mol. The van der Waals surface area contributed by atoms with E-state index in [-0.39, 0.29) is 0 Å². The normalized spacial score (nSPS) is 22.1. The van der Waals surface area contributed by atoms with Crippen LogP contribution in [0.4, 0.5) is 0 Å². The SMILES string of the molecule is CCc1ccc(S(=O)(=O)N2CCC(CCl)C2)s1. The van der Waals surface area contributed by atoms with Gasteiger partial charge in [-0.15, -0.1) is 22.9 Å². The standard InChI is InChI=1S/C11H16ClNO2S2/c1-2-10-3-4-11(16-10)17(14,15)13-6-5-9(7-12)8-13/h3-4,9H,2,5-8H2,1H3. The van der Waals surface area contributed by atoms with Gasteiger partial charge in [0.25, 0.3) is 10.0 Å². The molecule has 0 bridgehead atoms. The number of alkyl halides is 1. The molecule has 1 aromatic heterocycles. The minimum absolute atomic E-state index is 0.303. The molecule has 96 valence electrons. The Morgan fingerprint density at radius 2 is 2.29 bits per heavy atom. The molecule has 0 radical (unpaired) electrons. The number of nitrogens with zero attached hydrogens (tertiary/aromatic N) is 1. The van der Waals surface area contributed by atoms with Crippen molar-refractivity contribution in [1.82, 2.24) is 4.31 Å². The van der Waals surface area contributed by atoms with Crippen molar-refractivity contribution in [3.8, 4) is 0 Å². The first-order valence-electron chi connectivity index (χ1n) is 5.72. The minimum atomic E-state index is -3.28. The van der Waals surface area contributed by atoms with E-state index in [2.05, 4.69) is 0 Å². The number of aryl methyl sites for hydroxylation is 1. The fraction of sp³-hybridized carbons (Fsp3) is 0.636. The van der Waals surface area contributed by atoms with Crippen molar-refractivity contribution in [2.45, 2.75) is 24.0 Å². The third-order valence-electron chi connectivity index (χ3n) is 3.05. The van der Waals surface area contributed by atoms with Crippen LogP contribution in [0.2, 0.25) is 0 Å². The highest BCUT2D eigenvalue weighted by molar-refractivity contribution is 7.91. The first-order valence-corrected chi connectivity index (χ1v) is 8.52. The van der Waals surface area contributed by atoms with E-state index in [1.807, 2.05) is 13.0 Å². The molecule has 1 atom stereocenters. The average molecular weight is 294 g/mol. The van der Waals surface area contributed by atoms with Crippen LogP contribution in [0.15, 0.2) is 16.3 Å². The van der Waals surface area contributed by atoms with Crippen LogP contribution in [0.25, 0.3) is 0 Å². The third-order valence-corrected chi connectivity index (χ3v) is 7.04. The molecule has 1 unspecified atom stereocenters. The maximum Gasteiger partial charge on any atom is 0.252 e. The quantitative estimate of drug-likeness (QED) is 0.800. The Morgan fingerprint density at radius 3 is 2.82 bits per heavy atom. The zero-order valence-corrected chi connectivity index (χ0v) is 12.1. The van der Waals surface area contributed by atoms with Crippen LogP contribution < -0.4 is 0 Å². The van der Waals surface area contributed by atoms with Gasteiger partial charge in [0.2, 0.25) is 0 Å². The molecule has 0 aromatic carbocycles. The van der Waals surface area contributed by atoms with E-state index >= 15 is 0 Å². The summed E-state index contributed by atoms with van der Waals surface area (Å²) in [7, 11) is -3.28. The van der Waals surface area contributed by atoms with Gasteiger partial charge in [0.15, 0.2) is 0 Å². The van der Waals surface area contributed by atoms with E-state index in [0.717, 1.165) is 17.7 Å². The van der Waals surface area contributed by atoms with E-state index in [0.29, 0.717) is 29.1 Å². The molecule has 1 aromatic rings. The topological polar surface area (TPSA) is 37.4 Å². The molecule has 0 N–H and O–H groups in total. The minimum Gasteiger partial charge on any atom is -0.206 e. The average Bonchev–Trinajstić information content (AvgIpc) is 2.98. The van der Waals surface area contributed by atoms with Gasteiger partial charge in [0.05, 0.1) is 0 Å². The van der Waals surface area contributed by atoms with Gasteiger partial charge in [-0.1, -0.05) is 6.92 Å². The number of thiophene rings is 1. The second-order valence-corrected chi connectivity index (χ2v) is 7.89. The molecule has 2 rings (SSSR count). The molecule has 1 aliphatic rings. The van der Waals surface area contributed by atoms with Crippen molar-refractivity contribution in [3.05, 3.63) is 17.0 Å². The van der Waals surface area contributed by atoms with Crippen molar-refractivity contribution >= 4 is 33.0 Å². The lowest BCUT2D eigenvalue weighted by Crippen LogP contribution is -2.28. The van der Waals surface area contributed by atoms with Gasteiger partial charge in [-0.3, -0.25) is 0 Å². The van der Waals surface area contributed by atoms with Crippen LogP contribution in [0, 0.1) is 5.92 Å². The summed E-state index contributed by atoms with van der Waals surface area (Å²) in [6.07, 6.45) is 1.75. The van der Waals surface area contributed by atoms with Crippen molar-refractivity contribution in [2.75, 3.05) is 19.0 Å². The number of sulfonamides is 1. The summed E-state index contributed by atoms with van der Waals surface area (Å²) in [5, 5.41) is 0. The van der Waals surface area contributed by atoms with Gasteiger partial charge in [0, 0.05) is 23.8 Å². The zero-order chi connectivity index (χ0) is 12.5. The lowest BCUT2D eigenvalue weighted by Gasteiger charge is -2.14. The maximum absolute atomic E-state index is 12.3. The Morgan fingerprint density at radius 1 is 1.53 bits per heavy atom. The van der Waals surface area contributed by atoms with Crippen molar-refractivity contribution in [3.63, 3.8) is 0 Å². The number of hydrogen-bond acceptors (Lipinski definition) is 3. The predicted molar refractivity (Wildman–Crippen MR) is 71.3 cm³/mol. The highest BCUT2D eigenvalue weighted by Gasteiger charge is 2.32. The number of rotatable bonds is 4. The van der Waals surface area contributed by atoms with E-state index in [4.69, 9.17) is 11.6 Å². The van der Waals surface area contributed by atoms with Crippen molar-refractivity contribution < 1.29 is 8.42 Å². The van der Waals surface area contributed by atoms with E-state index in [1.165, 1.54) is 11.3 Å². The smallest absolute Gasteiger partial charge is 0.206 e. The highest BCUT2D eigenvalue weighted by Crippen LogP contribution is 2.29. The van der Waals surface area contributed by atoms with E-state index < -0.39 is 10.0 Å². The van der Waals surface area contributed by atoms with Crippen LogP contribution in [0.5, 0.6) is 0 Å². The molecule has 1 fully saturated rings. The summed E-state index contributed by atoms with van der Waals surface area (Å²) in [5.41, 5.74) is 0. The predicted octanol–water partition coefficient (Wildman–Crippen LogP) is 2.56. The Kier molecular flexibility index (Phi) is 4.13. The Balaban J connectivity index is 2.19. The Bertz CT molecular complexity index is 483. The highest BCUT2D eigenvalue weighted by atomic mass is 35.5. The van der Waals surface area contributed by atoms with Crippen LogP contribution in [0.1, 0.15) is 18.2 Å². The summed E-state index contributed by atoms with van der Waals surface area (Å²) in [5.74, 6) is 0.841. The molecule has 0 amide bonds. The number of halogens is 1. The van der Waals surface area contributed by atoms with Gasteiger partial charge in [-0.2, -0.15) is 4.31 Å². The zero-order valence-electron chi connectivity index (χ0n) is 9.73. The van der Waals surface area contributed by atoms with E-state index in [9.17, 15) is 8.42 Å². The van der Waals surface area contributed by atoms with Gasteiger partial charge in [-0.25, -0.2) is 8.42 Å². The van der Waals surface area contributed by atoms with Crippen molar-refractivity contribution in [1.29, 1.82) is 0 Å². The molecule has 0 aliphatic carbocycles. The molecule has 6 heteroatoms. The van der Waals surface area contributed by atoms with E-state index in [1.54, 1.807) is 10.4 Å². The number of hydrogen-bond donors (Lipinski definition) is 0. The summed E-state index contributed by atoms with van der Waals surface area (Å²) in [4.78, 5) is 1.11. The monoisotopic (exact) mass is 293 g/mol. The lowest BCUT2D eigenvalue weighted by atomic mass is 10.2. The largest absolute Gasteiger partial charge is 0.252 e. The summed E-state index contributed by atoms with van der Waals surface area (Å²) >= 11 is 7.15. The maximum atomic E-state index is 12.3. The summed E-state index contributed by atoms with van der Waals surface area (Å²) in [6, 6.07) is 3.61. The van der Waals surface area contributed by atoms with Crippen LogP contribution in [-0.2, 0) is 16.4 Å². The fourth-order valence-corrected chi connectivity index (χ4v) is 5.19. The molecule has 1 saturated heterocycles.